The smallest absolute Gasteiger partial charge is 0.0756 e. The van der Waals surface area contributed by atoms with Gasteiger partial charge in [-0.3, -0.25) is 0 Å². The second-order valence-corrected chi connectivity index (χ2v) is 6.10. The third-order valence-corrected chi connectivity index (χ3v) is 4.15. The van der Waals surface area contributed by atoms with Gasteiger partial charge in [-0.1, -0.05) is 23.7 Å². The van der Waals surface area contributed by atoms with Crippen molar-refractivity contribution < 1.29 is 5.11 Å². The maximum Gasteiger partial charge on any atom is 0.0756 e. The van der Waals surface area contributed by atoms with E-state index < -0.39 is 0 Å². The molecule has 2 rings (SSSR count). The maximum absolute atomic E-state index is 9.56. The summed E-state index contributed by atoms with van der Waals surface area (Å²) in [6.45, 7) is 4.19. The van der Waals surface area contributed by atoms with Crippen molar-refractivity contribution in [2.45, 2.75) is 19.9 Å². The molecule has 4 heteroatoms. The Morgan fingerprint density at radius 2 is 2.06 bits per heavy atom. The van der Waals surface area contributed by atoms with Crippen LogP contribution in [0.4, 0.5) is 5.69 Å². The van der Waals surface area contributed by atoms with Crippen LogP contribution in [-0.2, 0) is 0 Å². The average molecular weight is 282 g/mol. The number of thiophene rings is 1. The normalized spacial score (nSPS) is 12.4. The van der Waals surface area contributed by atoms with Crippen LogP contribution in [0.15, 0.2) is 30.3 Å². The molecule has 1 aromatic heterocycles. The van der Waals surface area contributed by atoms with Crippen molar-refractivity contribution in [1.29, 1.82) is 0 Å². The molecule has 1 heterocycles. The Bertz CT molecular complexity index is 538. The summed E-state index contributed by atoms with van der Waals surface area (Å²) in [5.41, 5.74) is 1.99. The number of rotatable bonds is 4. The summed E-state index contributed by atoms with van der Waals surface area (Å²) < 4.78 is 0. The fourth-order valence-corrected chi connectivity index (χ4v) is 3.16. The zero-order chi connectivity index (χ0) is 13.1. The van der Waals surface area contributed by atoms with Crippen LogP contribution < -0.4 is 5.32 Å². The highest BCUT2D eigenvalue weighted by atomic mass is 35.5. The molecule has 1 aromatic carbocycles. The molecular formula is C14H16ClNOS. The molecule has 0 bridgehead atoms. The lowest BCUT2D eigenvalue weighted by Crippen LogP contribution is -2.15. The first-order valence-electron chi connectivity index (χ1n) is 5.80. The van der Waals surface area contributed by atoms with Crippen molar-refractivity contribution in [1.82, 2.24) is 0 Å². The van der Waals surface area contributed by atoms with Crippen molar-refractivity contribution in [3.63, 3.8) is 0 Å². The molecule has 0 saturated heterocycles. The first kappa shape index (κ1) is 13.4. The SMILES string of the molecule is Cc1cc(C(CO)Nc2ccccc2Cl)c(C)s1. The van der Waals surface area contributed by atoms with E-state index in [0.29, 0.717) is 5.02 Å². The number of nitrogens with one attached hydrogen (secondary N) is 1. The van der Waals surface area contributed by atoms with E-state index in [0.717, 1.165) is 11.3 Å². The quantitative estimate of drug-likeness (QED) is 0.882. The van der Waals surface area contributed by atoms with Crippen molar-refractivity contribution in [3.05, 3.63) is 50.7 Å². The molecule has 96 valence electrons. The third-order valence-electron chi connectivity index (χ3n) is 2.84. The Hall–Kier alpha value is -1.03. The maximum atomic E-state index is 9.56. The van der Waals surface area contributed by atoms with Gasteiger partial charge in [0.05, 0.1) is 23.4 Å². The number of hydrogen-bond acceptors (Lipinski definition) is 3. The Morgan fingerprint density at radius 3 is 2.61 bits per heavy atom. The standard InChI is InChI=1S/C14H16ClNOS/c1-9-7-11(10(2)18-9)14(8-17)16-13-6-4-3-5-12(13)15/h3-7,14,16-17H,8H2,1-2H3. The summed E-state index contributed by atoms with van der Waals surface area (Å²) in [5, 5.41) is 13.5. The van der Waals surface area contributed by atoms with Crippen LogP contribution in [0.1, 0.15) is 21.4 Å². The highest BCUT2D eigenvalue weighted by Gasteiger charge is 2.15. The second-order valence-electron chi connectivity index (χ2n) is 4.23. The lowest BCUT2D eigenvalue weighted by atomic mass is 10.1. The number of hydrogen-bond donors (Lipinski definition) is 2. The van der Waals surface area contributed by atoms with Gasteiger partial charge in [-0.15, -0.1) is 11.3 Å². The van der Waals surface area contributed by atoms with Crippen LogP contribution in [-0.4, -0.2) is 11.7 Å². The van der Waals surface area contributed by atoms with E-state index in [1.807, 2.05) is 24.3 Å². The predicted octanol–water partition coefficient (Wildman–Crippen LogP) is 4.16. The lowest BCUT2D eigenvalue weighted by Gasteiger charge is -2.18. The fraction of sp³-hybridized carbons (Fsp3) is 0.286. The molecule has 2 aromatic rings. The van der Waals surface area contributed by atoms with Crippen LogP contribution in [0.2, 0.25) is 5.02 Å². The topological polar surface area (TPSA) is 32.3 Å². The second kappa shape index (κ2) is 5.74. The number of aliphatic hydroxyl groups excluding tert-OH is 1. The summed E-state index contributed by atoms with van der Waals surface area (Å²) in [6.07, 6.45) is 0. The van der Waals surface area contributed by atoms with Crippen LogP contribution in [0.5, 0.6) is 0 Å². The van der Waals surface area contributed by atoms with Gasteiger partial charge in [0, 0.05) is 9.75 Å². The van der Waals surface area contributed by atoms with Gasteiger partial charge in [-0.05, 0) is 37.6 Å². The molecule has 2 N–H and O–H groups in total. The summed E-state index contributed by atoms with van der Waals surface area (Å²) in [5.74, 6) is 0. The minimum absolute atomic E-state index is 0.0439. The van der Waals surface area contributed by atoms with Crippen LogP contribution in [0.3, 0.4) is 0 Å². The van der Waals surface area contributed by atoms with Gasteiger partial charge < -0.3 is 10.4 Å². The van der Waals surface area contributed by atoms with Crippen molar-refractivity contribution in [3.8, 4) is 0 Å². The van der Waals surface area contributed by atoms with Gasteiger partial charge in [0.1, 0.15) is 0 Å². The van der Waals surface area contributed by atoms with E-state index in [4.69, 9.17) is 11.6 Å². The van der Waals surface area contributed by atoms with Gasteiger partial charge in [0.2, 0.25) is 0 Å². The van der Waals surface area contributed by atoms with Crippen LogP contribution >= 0.6 is 22.9 Å². The molecule has 0 aliphatic heterocycles. The van der Waals surface area contributed by atoms with E-state index >= 15 is 0 Å². The number of benzene rings is 1. The Morgan fingerprint density at radius 1 is 1.33 bits per heavy atom. The highest BCUT2D eigenvalue weighted by molar-refractivity contribution is 7.12. The number of halogens is 1. The minimum atomic E-state index is -0.116. The van der Waals surface area contributed by atoms with E-state index in [2.05, 4.69) is 25.2 Å². The van der Waals surface area contributed by atoms with Gasteiger partial charge in [-0.25, -0.2) is 0 Å². The molecule has 1 atom stereocenters. The Kier molecular flexibility index (Phi) is 4.27. The van der Waals surface area contributed by atoms with E-state index in [1.54, 1.807) is 11.3 Å². The molecular weight excluding hydrogens is 266 g/mol. The predicted molar refractivity (Wildman–Crippen MR) is 78.7 cm³/mol. The van der Waals surface area contributed by atoms with Gasteiger partial charge in [-0.2, -0.15) is 0 Å². The van der Waals surface area contributed by atoms with Gasteiger partial charge in [0.15, 0.2) is 0 Å². The van der Waals surface area contributed by atoms with Crippen molar-refractivity contribution in [2.75, 3.05) is 11.9 Å². The van der Waals surface area contributed by atoms with E-state index in [-0.39, 0.29) is 12.6 Å². The monoisotopic (exact) mass is 281 g/mol. The number of anilines is 1. The largest absolute Gasteiger partial charge is 0.394 e. The summed E-state index contributed by atoms with van der Waals surface area (Å²) in [7, 11) is 0. The zero-order valence-corrected chi connectivity index (χ0v) is 12.0. The number of aryl methyl sites for hydroxylation is 2. The molecule has 0 saturated carbocycles. The van der Waals surface area contributed by atoms with Crippen molar-refractivity contribution >= 4 is 28.6 Å². The molecule has 0 aliphatic rings. The zero-order valence-electron chi connectivity index (χ0n) is 10.4. The summed E-state index contributed by atoms with van der Waals surface area (Å²) in [4.78, 5) is 2.48. The first-order chi connectivity index (χ1) is 8.61. The van der Waals surface area contributed by atoms with E-state index in [9.17, 15) is 5.11 Å². The van der Waals surface area contributed by atoms with Crippen molar-refractivity contribution in [2.24, 2.45) is 0 Å². The molecule has 0 aliphatic carbocycles. The molecule has 1 unspecified atom stereocenters. The third kappa shape index (κ3) is 2.86. The number of para-hydroxylation sites is 1. The lowest BCUT2D eigenvalue weighted by molar-refractivity contribution is 0.276. The first-order valence-corrected chi connectivity index (χ1v) is 7.00. The minimum Gasteiger partial charge on any atom is -0.394 e. The Labute approximate surface area is 116 Å². The van der Waals surface area contributed by atoms with Gasteiger partial charge >= 0.3 is 0 Å². The fourth-order valence-electron chi connectivity index (χ4n) is 1.98. The highest BCUT2D eigenvalue weighted by Crippen LogP contribution is 2.30. The molecule has 2 nitrogen and oxygen atoms in total. The van der Waals surface area contributed by atoms with E-state index in [1.165, 1.54) is 9.75 Å². The molecule has 0 amide bonds. The van der Waals surface area contributed by atoms with Crippen LogP contribution in [0.25, 0.3) is 0 Å². The number of aliphatic hydroxyl groups is 1. The Balaban J connectivity index is 2.25. The van der Waals surface area contributed by atoms with Gasteiger partial charge in [0.25, 0.3) is 0 Å². The molecule has 0 spiro atoms. The summed E-state index contributed by atoms with van der Waals surface area (Å²) >= 11 is 7.86. The van der Waals surface area contributed by atoms with Crippen LogP contribution in [0, 0.1) is 13.8 Å². The molecule has 0 fully saturated rings. The molecule has 0 radical (unpaired) electrons. The molecule has 18 heavy (non-hydrogen) atoms. The summed E-state index contributed by atoms with van der Waals surface area (Å²) in [6, 6.07) is 9.57. The average Bonchev–Trinajstić information content (AvgIpc) is 2.67.